The summed E-state index contributed by atoms with van der Waals surface area (Å²) in [6.07, 6.45) is 11.9. The molecular formula is C19H36N2O2. The highest BCUT2D eigenvalue weighted by molar-refractivity contribution is 5.67. The van der Waals surface area contributed by atoms with Crippen molar-refractivity contribution in [1.82, 2.24) is 10.6 Å². The van der Waals surface area contributed by atoms with Gasteiger partial charge in [-0.15, -0.1) is 0 Å². The monoisotopic (exact) mass is 324 g/mol. The summed E-state index contributed by atoms with van der Waals surface area (Å²) in [6.45, 7) is 8.50. The van der Waals surface area contributed by atoms with E-state index in [1.165, 1.54) is 51.4 Å². The van der Waals surface area contributed by atoms with Crippen molar-refractivity contribution in [2.75, 3.05) is 6.54 Å². The standard InChI is InChI=1S/C19H36N2O2/c1-5-15(14-20-17(22)23-18(2,3)4)21-16-8-12-19(13-9-16)10-6-7-11-19/h15-16,21H,5-14H2,1-4H3,(H,20,22). The third-order valence-electron chi connectivity index (χ3n) is 5.57. The minimum atomic E-state index is -0.432. The van der Waals surface area contributed by atoms with Crippen LogP contribution >= 0.6 is 0 Å². The molecule has 1 atom stereocenters. The predicted molar refractivity (Wildman–Crippen MR) is 94.6 cm³/mol. The van der Waals surface area contributed by atoms with E-state index < -0.39 is 5.60 Å². The van der Waals surface area contributed by atoms with Crippen molar-refractivity contribution in [3.8, 4) is 0 Å². The molecule has 2 saturated carbocycles. The second-order valence-corrected chi connectivity index (χ2v) is 8.64. The summed E-state index contributed by atoms with van der Waals surface area (Å²) in [4.78, 5) is 11.8. The number of carbonyl (C=O) groups excluding carboxylic acids is 1. The average molecular weight is 325 g/mol. The van der Waals surface area contributed by atoms with Crippen LogP contribution in [0.1, 0.15) is 85.5 Å². The molecule has 4 heteroatoms. The Morgan fingerprint density at radius 1 is 1.17 bits per heavy atom. The first-order valence-electron chi connectivity index (χ1n) is 9.55. The summed E-state index contributed by atoms with van der Waals surface area (Å²) in [6, 6.07) is 0.955. The predicted octanol–water partition coefficient (Wildman–Crippen LogP) is 4.38. The van der Waals surface area contributed by atoms with E-state index in [4.69, 9.17) is 4.74 Å². The first-order valence-corrected chi connectivity index (χ1v) is 9.55. The molecule has 1 amide bonds. The molecule has 0 aromatic carbocycles. The molecule has 2 N–H and O–H groups in total. The van der Waals surface area contributed by atoms with E-state index in [0.29, 0.717) is 24.0 Å². The molecule has 23 heavy (non-hydrogen) atoms. The summed E-state index contributed by atoms with van der Waals surface area (Å²) in [5, 5.41) is 6.66. The Morgan fingerprint density at radius 3 is 2.30 bits per heavy atom. The van der Waals surface area contributed by atoms with Gasteiger partial charge in [0.05, 0.1) is 0 Å². The number of rotatable bonds is 5. The van der Waals surface area contributed by atoms with Gasteiger partial charge >= 0.3 is 6.09 Å². The Bertz CT molecular complexity index is 373. The Morgan fingerprint density at radius 2 is 1.78 bits per heavy atom. The quantitative estimate of drug-likeness (QED) is 0.789. The highest BCUT2D eigenvalue weighted by Gasteiger charge is 2.37. The zero-order chi connectivity index (χ0) is 16.9. The van der Waals surface area contributed by atoms with Gasteiger partial charge in [0.1, 0.15) is 5.60 Å². The lowest BCUT2D eigenvalue weighted by Gasteiger charge is -2.39. The van der Waals surface area contributed by atoms with Crippen LogP contribution in [0.15, 0.2) is 0 Å². The normalized spacial score (nSPS) is 23.0. The molecule has 0 bridgehead atoms. The molecule has 1 unspecified atom stereocenters. The summed E-state index contributed by atoms with van der Waals surface area (Å²) >= 11 is 0. The Labute approximate surface area is 142 Å². The molecular weight excluding hydrogens is 288 g/mol. The molecule has 2 fully saturated rings. The molecule has 134 valence electrons. The highest BCUT2D eigenvalue weighted by Crippen LogP contribution is 2.48. The number of carbonyl (C=O) groups is 1. The molecule has 4 nitrogen and oxygen atoms in total. The molecule has 0 aromatic heterocycles. The van der Waals surface area contributed by atoms with Crippen molar-refractivity contribution in [1.29, 1.82) is 0 Å². The van der Waals surface area contributed by atoms with E-state index in [1.54, 1.807) is 0 Å². The van der Waals surface area contributed by atoms with Gasteiger partial charge in [0.15, 0.2) is 0 Å². The fourth-order valence-electron chi connectivity index (χ4n) is 4.20. The molecule has 0 saturated heterocycles. The van der Waals surface area contributed by atoms with Gasteiger partial charge in [-0.25, -0.2) is 4.79 Å². The molecule has 2 aliphatic carbocycles. The van der Waals surface area contributed by atoms with Gasteiger partial charge in [-0.3, -0.25) is 0 Å². The molecule has 1 spiro atoms. The zero-order valence-electron chi connectivity index (χ0n) is 15.5. The van der Waals surface area contributed by atoms with Crippen molar-refractivity contribution in [2.24, 2.45) is 5.41 Å². The fourth-order valence-corrected chi connectivity index (χ4v) is 4.20. The molecule has 0 radical (unpaired) electrons. The third kappa shape index (κ3) is 5.98. The maximum absolute atomic E-state index is 11.8. The van der Waals surface area contributed by atoms with Crippen LogP contribution < -0.4 is 10.6 Å². The molecule has 0 aromatic rings. The first-order chi connectivity index (χ1) is 10.8. The van der Waals surface area contributed by atoms with Crippen molar-refractivity contribution in [2.45, 2.75) is 103 Å². The van der Waals surface area contributed by atoms with Crippen LogP contribution in [0.25, 0.3) is 0 Å². The maximum atomic E-state index is 11.8. The fraction of sp³-hybridized carbons (Fsp3) is 0.947. The van der Waals surface area contributed by atoms with E-state index in [0.717, 1.165) is 6.42 Å². The van der Waals surface area contributed by atoms with Gasteiger partial charge in [-0.1, -0.05) is 19.8 Å². The number of nitrogens with one attached hydrogen (secondary N) is 2. The largest absolute Gasteiger partial charge is 0.444 e. The smallest absolute Gasteiger partial charge is 0.407 e. The van der Waals surface area contributed by atoms with Crippen molar-refractivity contribution < 1.29 is 9.53 Å². The van der Waals surface area contributed by atoms with E-state index in [1.807, 2.05) is 20.8 Å². The number of ether oxygens (including phenoxy) is 1. The Hall–Kier alpha value is -0.770. The average Bonchev–Trinajstić information content (AvgIpc) is 2.92. The molecule has 0 aliphatic heterocycles. The van der Waals surface area contributed by atoms with Crippen molar-refractivity contribution >= 4 is 6.09 Å². The molecule has 2 rings (SSSR count). The summed E-state index contributed by atoms with van der Waals surface area (Å²) < 4.78 is 5.31. The number of alkyl carbamates (subject to hydrolysis) is 1. The van der Waals surface area contributed by atoms with Crippen LogP contribution in [0.2, 0.25) is 0 Å². The summed E-state index contributed by atoms with van der Waals surface area (Å²) in [5.41, 5.74) is 0.257. The molecule has 2 aliphatic rings. The minimum Gasteiger partial charge on any atom is -0.444 e. The van der Waals surface area contributed by atoms with Gasteiger partial charge in [-0.05, 0) is 71.1 Å². The second-order valence-electron chi connectivity index (χ2n) is 8.64. The first kappa shape index (κ1) is 18.6. The number of hydrogen-bond donors (Lipinski definition) is 2. The van der Waals surface area contributed by atoms with Gasteiger partial charge in [0.25, 0.3) is 0 Å². The van der Waals surface area contributed by atoms with Gasteiger partial charge < -0.3 is 15.4 Å². The highest BCUT2D eigenvalue weighted by atomic mass is 16.6. The second kappa shape index (κ2) is 7.87. The Balaban J connectivity index is 1.69. The summed E-state index contributed by atoms with van der Waals surface area (Å²) in [7, 11) is 0. The number of hydrogen-bond acceptors (Lipinski definition) is 3. The van der Waals surface area contributed by atoms with Crippen molar-refractivity contribution in [3.05, 3.63) is 0 Å². The lowest BCUT2D eigenvalue weighted by atomic mass is 9.71. The Kier molecular flexibility index (Phi) is 6.35. The van der Waals surface area contributed by atoms with Gasteiger partial charge in [0.2, 0.25) is 0 Å². The SMILES string of the molecule is CCC(CNC(=O)OC(C)(C)C)NC1CCC2(CCCC2)CC1. The van der Waals surface area contributed by atoms with E-state index in [9.17, 15) is 4.79 Å². The third-order valence-corrected chi connectivity index (χ3v) is 5.57. The molecule has 0 heterocycles. The lowest BCUT2D eigenvalue weighted by molar-refractivity contribution is 0.0520. The summed E-state index contributed by atoms with van der Waals surface area (Å²) in [5.74, 6) is 0. The number of amides is 1. The van der Waals surface area contributed by atoms with Crippen LogP contribution in [0.5, 0.6) is 0 Å². The van der Waals surface area contributed by atoms with Crippen LogP contribution in [0, 0.1) is 5.41 Å². The van der Waals surface area contributed by atoms with E-state index in [2.05, 4.69) is 17.6 Å². The maximum Gasteiger partial charge on any atom is 0.407 e. The van der Waals surface area contributed by atoms with Crippen molar-refractivity contribution in [3.63, 3.8) is 0 Å². The van der Waals surface area contributed by atoms with E-state index in [-0.39, 0.29) is 6.09 Å². The van der Waals surface area contributed by atoms with Gasteiger partial charge in [0, 0.05) is 18.6 Å². The minimum absolute atomic E-state index is 0.314. The van der Waals surface area contributed by atoms with Crippen LogP contribution in [-0.4, -0.2) is 30.3 Å². The van der Waals surface area contributed by atoms with Crippen LogP contribution in [0.3, 0.4) is 0 Å². The van der Waals surface area contributed by atoms with Gasteiger partial charge in [-0.2, -0.15) is 0 Å². The zero-order valence-corrected chi connectivity index (χ0v) is 15.5. The lowest BCUT2D eigenvalue weighted by Crippen LogP contribution is -2.47. The van der Waals surface area contributed by atoms with E-state index >= 15 is 0 Å². The van der Waals surface area contributed by atoms with Crippen LogP contribution in [-0.2, 0) is 4.74 Å². The topological polar surface area (TPSA) is 50.4 Å². The van der Waals surface area contributed by atoms with Crippen LogP contribution in [0.4, 0.5) is 4.79 Å².